The minimum Gasteiger partial charge on any atom is -0.0999 e. The maximum atomic E-state index is 4.28. The maximum Gasteiger partial charge on any atom is 0 e. The first-order valence-corrected chi connectivity index (χ1v) is 10.9. The Kier molecular flexibility index (Phi) is 7.80. The Morgan fingerprint density at radius 2 is 1.88 bits per heavy atom. The molecular weight excluding hydrogens is 312 g/mol. The molecule has 0 aliphatic heterocycles. The van der Waals surface area contributed by atoms with Gasteiger partial charge in [0, 0.05) is 2.85 Å². The third-order valence-corrected chi connectivity index (χ3v) is 6.22. The van der Waals surface area contributed by atoms with E-state index in [1.807, 2.05) is 0 Å². The van der Waals surface area contributed by atoms with Crippen molar-refractivity contribution in [3.8, 4) is 0 Å². The highest BCUT2D eigenvalue weighted by Crippen LogP contribution is 2.35. The highest BCUT2D eigenvalue weighted by atomic mass is 14.2. The second-order valence-electron chi connectivity index (χ2n) is 8.30. The van der Waals surface area contributed by atoms with E-state index in [0.717, 1.165) is 5.92 Å². The van der Waals surface area contributed by atoms with E-state index in [9.17, 15) is 0 Å². The van der Waals surface area contributed by atoms with Crippen molar-refractivity contribution in [3.63, 3.8) is 0 Å². The van der Waals surface area contributed by atoms with Gasteiger partial charge in [-0.25, -0.2) is 0 Å². The second-order valence-corrected chi connectivity index (χ2v) is 8.30. The fourth-order valence-corrected chi connectivity index (χ4v) is 4.59. The minimum atomic E-state index is 0. The predicted molar refractivity (Wildman–Crippen MR) is 119 cm³/mol. The molecular formula is C26H40. The Balaban J connectivity index is 0.00000196. The smallest absolute Gasteiger partial charge is 0 e. The highest BCUT2D eigenvalue weighted by Gasteiger charge is 2.18. The molecule has 3 rings (SSSR count). The number of hydrogen-bond acceptors (Lipinski definition) is 0. The van der Waals surface area contributed by atoms with Gasteiger partial charge < -0.3 is 0 Å². The number of aryl methyl sites for hydroxylation is 1. The number of hydrogen-bond donors (Lipinski definition) is 0. The quantitative estimate of drug-likeness (QED) is 0.276. The number of rotatable bonds is 11. The molecule has 0 N–H and O–H groups in total. The monoisotopic (exact) mass is 352 g/mol. The summed E-state index contributed by atoms with van der Waals surface area (Å²) >= 11 is 0. The van der Waals surface area contributed by atoms with Crippen LogP contribution in [0.1, 0.15) is 96.9 Å². The van der Waals surface area contributed by atoms with Gasteiger partial charge >= 0.3 is 0 Å². The van der Waals surface area contributed by atoms with Crippen LogP contribution in [0.4, 0.5) is 0 Å². The molecule has 0 amide bonds. The summed E-state index contributed by atoms with van der Waals surface area (Å²) < 4.78 is 0. The first kappa shape index (κ1) is 19.2. The van der Waals surface area contributed by atoms with Gasteiger partial charge in [-0.15, -0.1) is 0 Å². The highest BCUT2D eigenvalue weighted by molar-refractivity contribution is 5.32. The van der Waals surface area contributed by atoms with E-state index in [4.69, 9.17) is 0 Å². The Bertz CT molecular complexity index is 642. The summed E-state index contributed by atoms with van der Waals surface area (Å²) in [5, 5.41) is 0. The van der Waals surface area contributed by atoms with E-state index in [1.54, 1.807) is 16.7 Å². The molecule has 0 heterocycles. The maximum absolute atomic E-state index is 4.28. The SMILES string of the molecule is C=C(CCCCCCCC1CCCc2ccccc21)CCC1=CC=CC1.[HH].[HH]. The largest absolute Gasteiger partial charge is 0.0999 e. The van der Waals surface area contributed by atoms with Crippen molar-refractivity contribution in [1.82, 2.24) is 0 Å². The van der Waals surface area contributed by atoms with Crippen LogP contribution in [0.5, 0.6) is 0 Å². The Morgan fingerprint density at radius 1 is 1.04 bits per heavy atom. The molecule has 2 aliphatic carbocycles. The summed E-state index contributed by atoms with van der Waals surface area (Å²) in [5.74, 6) is 0.833. The van der Waals surface area contributed by atoms with Crippen molar-refractivity contribution in [3.05, 3.63) is 71.3 Å². The Hall–Kier alpha value is -1.56. The fourth-order valence-electron chi connectivity index (χ4n) is 4.59. The van der Waals surface area contributed by atoms with Crippen molar-refractivity contribution < 1.29 is 2.85 Å². The molecule has 0 aromatic heterocycles. The van der Waals surface area contributed by atoms with Crippen LogP contribution < -0.4 is 0 Å². The standard InChI is InChI=1S/C26H36.2H2/c1-22(20-21-23-13-7-8-14-23)12-5-3-2-4-6-15-24-17-11-18-25-16-9-10-19-26(24)25;;/h7-10,13,16,19,24H,1-6,11-12,14-15,17-18,20-21H2;2*1H. The fraction of sp³-hybridized carbons (Fsp3) is 0.538. The average molecular weight is 353 g/mol. The normalized spacial score (nSPS) is 18.6. The van der Waals surface area contributed by atoms with E-state index in [1.165, 1.54) is 89.0 Å². The van der Waals surface area contributed by atoms with Gasteiger partial charge in [0.15, 0.2) is 0 Å². The molecule has 0 spiro atoms. The van der Waals surface area contributed by atoms with Gasteiger partial charge in [0.2, 0.25) is 0 Å². The average Bonchev–Trinajstić information content (AvgIpc) is 3.19. The zero-order valence-electron chi connectivity index (χ0n) is 16.5. The zero-order chi connectivity index (χ0) is 18.0. The molecule has 0 radical (unpaired) electrons. The van der Waals surface area contributed by atoms with Crippen molar-refractivity contribution >= 4 is 0 Å². The molecule has 144 valence electrons. The Morgan fingerprint density at radius 3 is 2.77 bits per heavy atom. The van der Waals surface area contributed by atoms with E-state index in [-0.39, 0.29) is 2.85 Å². The van der Waals surface area contributed by atoms with Crippen molar-refractivity contribution in [1.29, 1.82) is 0 Å². The summed E-state index contributed by atoms with van der Waals surface area (Å²) in [6.07, 6.45) is 23.9. The van der Waals surface area contributed by atoms with E-state index < -0.39 is 0 Å². The molecule has 1 aromatic rings. The van der Waals surface area contributed by atoms with Crippen LogP contribution in [-0.4, -0.2) is 0 Å². The van der Waals surface area contributed by atoms with Gasteiger partial charge in [-0.1, -0.05) is 85.9 Å². The van der Waals surface area contributed by atoms with Crippen molar-refractivity contribution in [2.75, 3.05) is 0 Å². The van der Waals surface area contributed by atoms with Crippen LogP contribution in [-0.2, 0) is 6.42 Å². The van der Waals surface area contributed by atoms with E-state index in [2.05, 4.69) is 49.1 Å². The molecule has 0 heteroatoms. The first-order valence-electron chi connectivity index (χ1n) is 10.9. The number of fused-ring (bicyclic) bond motifs is 1. The zero-order valence-corrected chi connectivity index (χ0v) is 16.5. The van der Waals surface area contributed by atoms with Gasteiger partial charge in [-0.05, 0) is 74.8 Å². The molecule has 0 saturated heterocycles. The van der Waals surface area contributed by atoms with Gasteiger partial charge in [-0.2, -0.15) is 0 Å². The van der Waals surface area contributed by atoms with Crippen LogP contribution in [0.3, 0.4) is 0 Å². The molecule has 0 saturated carbocycles. The van der Waals surface area contributed by atoms with E-state index in [0.29, 0.717) is 0 Å². The van der Waals surface area contributed by atoms with E-state index >= 15 is 0 Å². The van der Waals surface area contributed by atoms with Gasteiger partial charge in [0.1, 0.15) is 0 Å². The molecule has 0 fully saturated rings. The molecule has 1 unspecified atom stereocenters. The lowest BCUT2D eigenvalue weighted by molar-refractivity contribution is 0.484. The van der Waals surface area contributed by atoms with Crippen LogP contribution in [0.15, 0.2) is 60.2 Å². The van der Waals surface area contributed by atoms with Gasteiger partial charge in [0.05, 0.1) is 0 Å². The summed E-state index contributed by atoms with van der Waals surface area (Å²) in [7, 11) is 0. The van der Waals surface area contributed by atoms with Crippen LogP contribution in [0, 0.1) is 0 Å². The summed E-state index contributed by atoms with van der Waals surface area (Å²) in [5.41, 5.74) is 6.31. The lowest BCUT2D eigenvalue weighted by atomic mass is 9.80. The molecule has 2 aliphatic rings. The molecule has 0 nitrogen and oxygen atoms in total. The molecule has 0 bridgehead atoms. The second kappa shape index (κ2) is 10.6. The Labute approximate surface area is 164 Å². The topological polar surface area (TPSA) is 0 Å². The molecule has 1 aromatic carbocycles. The first-order chi connectivity index (χ1) is 12.8. The lowest BCUT2D eigenvalue weighted by Crippen LogP contribution is -2.09. The number of benzene rings is 1. The van der Waals surface area contributed by atoms with Gasteiger partial charge in [0.25, 0.3) is 0 Å². The van der Waals surface area contributed by atoms with Crippen LogP contribution >= 0.6 is 0 Å². The molecule has 26 heavy (non-hydrogen) atoms. The molecule has 1 atom stereocenters. The summed E-state index contributed by atoms with van der Waals surface area (Å²) in [6.45, 7) is 4.28. The number of unbranched alkanes of at least 4 members (excludes halogenated alkanes) is 4. The lowest BCUT2D eigenvalue weighted by Gasteiger charge is -2.25. The van der Waals surface area contributed by atoms with Crippen LogP contribution in [0.25, 0.3) is 0 Å². The van der Waals surface area contributed by atoms with Crippen molar-refractivity contribution in [2.24, 2.45) is 0 Å². The minimum absolute atomic E-state index is 0. The van der Waals surface area contributed by atoms with Gasteiger partial charge in [-0.3, -0.25) is 0 Å². The number of allylic oxidation sites excluding steroid dienone is 5. The predicted octanol–water partition coefficient (Wildman–Crippen LogP) is 8.55. The summed E-state index contributed by atoms with van der Waals surface area (Å²) in [4.78, 5) is 0. The third kappa shape index (κ3) is 6.01. The van der Waals surface area contributed by atoms with Crippen LogP contribution in [0.2, 0.25) is 0 Å². The summed E-state index contributed by atoms with van der Waals surface area (Å²) in [6, 6.07) is 9.15. The third-order valence-electron chi connectivity index (χ3n) is 6.22. The van der Waals surface area contributed by atoms with Crippen molar-refractivity contribution in [2.45, 2.75) is 89.4 Å².